The Bertz CT molecular complexity index is 763. The molecule has 2 aromatic rings. The highest BCUT2D eigenvalue weighted by atomic mass is 35.5. The highest BCUT2D eigenvalue weighted by Crippen LogP contribution is 2.28. The van der Waals surface area contributed by atoms with E-state index in [9.17, 15) is 4.79 Å². The van der Waals surface area contributed by atoms with Crippen molar-refractivity contribution in [3.05, 3.63) is 58.3 Å². The number of amides is 1. The normalized spacial score (nSPS) is 11.4. The number of hydrogen-bond acceptors (Lipinski definition) is 4. The van der Waals surface area contributed by atoms with Crippen LogP contribution in [0.1, 0.15) is 18.9 Å². The summed E-state index contributed by atoms with van der Waals surface area (Å²) < 4.78 is 5.68. The molecule has 1 aromatic heterocycles. The van der Waals surface area contributed by atoms with Crippen molar-refractivity contribution in [3.63, 3.8) is 0 Å². The monoisotopic (exact) mass is 377 g/mol. The van der Waals surface area contributed by atoms with Gasteiger partial charge in [-0.2, -0.15) is 5.26 Å². The van der Waals surface area contributed by atoms with Crippen molar-refractivity contribution in [2.45, 2.75) is 26.0 Å². The van der Waals surface area contributed by atoms with Crippen LogP contribution in [0.15, 0.2) is 42.7 Å². The van der Waals surface area contributed by atoms with Gasteiger partial charge in [0.25, 0.3) is 5.91 Å². The molecule has 0 aliphatic rings. The zero-order valence-electron chi connectivity index (χ0n) is 13.7. The van der Waals surface area contributed by atoms with Crippen LogP contribution in [-0.2, 0) is 11.3 Å². The van der Waals surface area contributed by atoms with Gasteiger partial charge < -0.3 is 9.64 Å². The summed E-state index contributed by atoms with van der Waals surface area (Å²) in [4.78, 5) is 18.4. The summed E-state index contributed by atoms with van der Waals surface area (Å²) >= 11 is 11.9. The Morgan fingerprint density at radius 1 is 1.40 bits per heavy atom. The number of nitriles is 1. The van der Waals surface area contributed by atoms with E-state index in [1.54, 1.807) is 48.5 Å². The van der Waals surface area contributed by atoms with E-state index in [0.717, 1.165) is 5.56 Å². The molecule has 0 saturated carbocycles. The van der Waals surface area contributed by atoms with E-state index in [2.05, 4.69) is 11.1 Å². The maximum absolute atomic E-state index is 12.7. The van der Waals surface area contributed by atoms with Crippen molar-refractivity contribution in [3.8, 4) is 11.8 Å². The predicted octanol–water partition coefficient (Wildman–Crippen LogP) is 4.10. The lowest BCUT2D eigenvalue weighted by molar-refractivity contribution is -0.138. The number of carbonyl (C=O) groups is 1. The van der Waals surface area contributed by atoms with Gasteiger partial charge in [0.05, 0.1) is 17.5 Å². The van der Waals surface area contributed by atoms with Gasteiger partial charge in [0.15, 0.2) is 6.10 Å². The Kier molecular flexibility index (Phi) is 7.05. The molecule has 130 valence electrons. The molecule has 1 heterocycles. The van der Waals surface area contributed by atoms with Crippen molar-refractivity contribution in [2.75, 3.05) is 6.54 Å². The standard InChI is InChI=1S/C18H17Cl2N3O2/c1-13(25-17-6-5-15(19)10-16(17)20)18(24)23(9-3-7-21)12-14-4-2-8-22-11-14/h2,4-6,8,10-11,13H,3,9,12H2,1H3. The first-order chi connectivity index (χ1) is 12.0. The second-order valence-corrected chi connectivity index (χ2v) is 6.21. The molecule has 5 nitrogen and oxygen atoms in total. The molecule has 25 heavy (non-hydrogen) atoms. The largest absolute Gasteiger partial charge is 0.479 e. The van der Waals surface area contributed by atoms with Gasteiger partial charge in [-0.25, -0.2) is 0 Å². The molecular formula is C18H17Cl2N3O2. The van der Waals surface area contributed by atoms with Crippen LogP contribution in [0.4, 0.5) is 0 Å². The summed E-state index contributed by atoms with van der Waals surface area (Å²) in [6.45, 7) is 2.32. The Morgan fingerprint density at radius 3 is 2.84 bits per heavy atom. The highest BCUT2D eigenvalue weighted by Gasteiger charge is 2.23. The third-order valence-electron chi connectivity index (χ3n) is 3.45. The molecule has 0 spiro atoms. The van der Waals surface area contributed by atoms with Gasteiger partial charge in [-0.15, -0.1) is 0 Å². The van der Waals surface area contributed by atoms with E-state index in [-0.39, 0.29) is 12.3 Å². The van der Waals surface area contributed by atoms with E-state index in [1.165, 1.54) is 0 Å². The number of pyridine rings is 1. The first-order valence-electron chi connectivity index (χ1n) is 7.67. The van der Waals surface area contributed by atoms with E-state index >= 15 is 0 Å². The fraction of sp³-hybridized carbons (Fsp3) is 0.278. The molecule has 7 heteroatoms. The van der Waals surface area contributed by atoms with E-state index in [0.29, 0.717) is 28.9 Å². The number of aromatic nitrogens is 1. The van der Waals surface area contributed by atoms with Crippen LogP contribution in [0.5, 0.6) is 5.75 Å². The zero-order valence-corrected chi connectivity index (χ0v) is 15.2. The second-order valence-electron chi connectivity index (χ2n) is 5.36. The van der Waals surface area contributed by atoms with Gasteiger partial charge >= 0.3 is 0 Å². The Hall–Kier alpha value is -2.29. The van der Waals surface area contributed by atoms with Crippen LogP contribution in [0, 0.1) is 11.3 Å². The minimum absolute atomic E-state index is 0.231. The molecule has 0 radical (unpaired) electrons. The summed E-state index contributed by atoms with van der Waals surface area (Å²) in [5, 5.41) is 9.66. The lowest BCUT2D eigenvalue weighted by Gasteiger charge is -2.25. The molecule has 1 amide bonds. The van der Waals surface area contributed by atoms with Crippen LogP contribution in [-0.4, -0.2) is 28.4 Å². The summed E-state index contributed by atoms with van der Waals surface area (Å²) in [6, 6.07) is 10.6. The smallest absolute Gasteiger partial charge is 0.263 e. The molecule has 0 N–H and O–H groups in total. The number of ether oxygens (including phenoxy) is 1. The molecule has 0 aliphatic carbocycles. The van der Waals surface area contributed by atoms with Gasteiger partial charge in [0, 0.05) is 30.5 Å². The molecule has 1 atom stereocenters. The molecule has 0 saturated heterocycles. The van der Waals surface area contributed by atoms with Crippen molar-refractivity contribution < 1.29 is 9.53 Å². The molecule has 2 rings (SSSR count). The van der Waals surface area contributed by atoms with Crippen molar-refractivity contribution >= 4 is 29.1 Å². The quantitative estimate of drug-likeness (QED) is 0.728. The topological polar surface area (TPSA) is 66.2 Å². The minimum Gasteiger partial charge on any atom is -0.479 e. The number of rotatable bonds is 7. The maximum Gasteiger partial charge on any atom is 0.263 e. The van der Waals surface area contributed by atoms with E-state index < -0.39 is 6.10 Å². The van der Waals surface area contributed by atoms with E-state index in [1.807, 2.05) is 6.07 Å². The molecule has 1 unspecified atom stereocenters. The second kappa shape index (κ2) is 9.26. The summed E-state index contributed by atoms with van der Waals surface area (Å²) in [5.74, 6) is 0.152. The van der Waals surface area contributed by atoms with Crippen LogP contribution in [0.25, 0.3) is 0 Å². The van der Waals surface area contributed by atoms with E-state index in [4.69, 9.17) is 33.2 Å². The van der Waals surface area contributed by atoms with Crippen LogP contribution < -0.4 is 4.74 Å². The third-order valence-corrected chi connectivity index (χ3v) is 3.98. The van der Waals surface area contributed by atoms with Crippen molar-refractivity contribution in [1.82, 2.24) is 9.88 Å². The predicted molar refractivity (Wildman–Crippen MR) is 96.4 cm³/mol. The summed E-state index contributed by atoms with van der Waals surface area (Å²) in [7, 11) is 0. The lowest BCUT2D eigenvalue weighted by Crippen LogP contribution is -2.40. The number of benzene rings is 1. The Labute approximate surface area is 156 Å². The van der Waals surface area contributed by atoms with Gasteiger partial charge in [-0.1, -0.05) is 29.3 Å². The van der Waals surface area contributed by atoms with Crippen LogP contribution in [0.2, 0.25) is 10.0 Å². The first-order valence-corrected chi connectivity index (χ1v) is 8.43. The number of nitrogens with zero attached hydrogens (tertiary/aromatic N) is 3. The maximum atomic E-state index is 12.7. The van der Waals surface area contributed by atoms with Gasteiger partial charge in [-0.05, 0) is 36.8 Å². The molecule has 0 fully saturated rings. The van der Waals surface area contributed by atoms with Crippen molar-refractivity contribution in [2.24, 2.45) is 0 Å². The van der Waals surface area contributed by atoms with Gasteiger partial charge in [0.2, 0.25) is 0 Å². The SMILES string of the molecule is CC(Oc1ccc(Cl)cc1Cl)C(=O)N(CCC#N)Cc1cccnc1. The lowest BCUT2D eigenvalue weighted by atomic mass is 10.2. The Morgan fingerprint density at radius 2 is 2.20 bits per heavy atom. The van der Waals surface area contributed by atoms with Gasteiger partial charge in [0.1, 0.15) is 5.75 Å². The summed E-state index contributed by atoms with van der Waals surface area (Å²) in [5.41, 5.74) is 0.880. The molecular weight excluding hydrogens is 361 g/mol. The fourth-order valence-corrected chi connectivity index (χ4v) is 2.69. The highest BCUT2D eigenvalue weighted by molar-refractivity contribution is 6.35. The van der Waals surface area contributed by atoms with Crippen LogP contribution in [0.3, 0.4) is 0 Å². The first kappa shape index (κ1) is 19.0. The van der Waals surface area contributed by atoms with Crippen molar-refractivity contribution in [1.29, 1.82) is 5.26 Å². The van der Waals surface area contributed by atoms with Gasteiger partial charge in [-0.3, -0.25) is 9.78 Å². The Balaban J connectivity index is 2.10. The molecule has 0 bridgehead atoms. The molecule has 1 aromatic carbocycles. The number of carbonyl (C=O) groups excluding carboxylic acids is 1. The fourth-order valence-electron chi connectivity index (χ4n) is 2.23. The average Bonchev–Trinajstić information content (AvgIpc) is 2.61. The average molecular weight is 378 g/mol. The summed E-state index contributed by atoms with van der Waals surface area (Å²) in [6.07, 6.45) is 2.84. The molecule has 0 aliphatic heterocycles. The van der Waals surface area contributed by atoms with Crippen LogP contribution >= 0.6 is 23.2 Å². The number of hydrogen-bond donors (Lipinski definition) is 0. The zero-order chi connectivity index (χ0) is 18.2. The number of halogens is 2. The third kappa shape index (κ3) is 5.63. The minimum atomic E-state index is -0.756.